The molecule has 3 aromatic rings. The van der Waals surface area contributed by atoms with Crippen molar-refractivity contribution in [2.45, 2.75) is 13.0 Å². The molecular weight excluding hydrogens is 358 g/mol. The van der Waals surface area contributed by atoms with Gasteiger partial charge >= 0.3 is 0 Å². The maximum Gasteiger partial charge on any atom is 0.224 e. The van der Waals surface area contributed by atoms with Gasteiger partial charge in [-0.15, -0.1) is 0 Å². The van der Waals surface area contributed by atoms with Gasteiger partial charge in [-0.05, 0) is 41.1 Å². The van der Waals surface area contributed by atoms with Crippen molar-refractivity contribution in [3.63, 3.8) is 0 Å². The first-order chi connectivity index (χ1) is 11.2. The predicted octanol–water partition coefficient (Wildman–Crippen LogP) is 4.06. The maximum atomic E-state index is 12.3. The Kier molecular flexibility index (Phi) is 4.67. The first kappa shape index (κ1) is 15.6. The molecule has 0 atom stereocenters. The van der Waals surface area contributed by atoms with Gasteiger partial charge in [-0.25, -0.2) is 0 Å². The molecule has 0 aliphatic heterocycles. The Morgan fingerprint density at radius 2 is 2.13 bits per heavy atom. The van der Waals surface area contributed by atoms with Gasteiger partial charge in [0.15, 0.2) is 0 Å². The standard InChI is InChI=1S/C18H16BrNO3/c1-22-17-7-4-12-9-13(19)5-6-15(12)16(17)10-18(21)20-11-14-3-2-8-23-14/h2-9H,10-11H2,1H3,(H,20,21). The van der Waals surface area contributed by atoms with Crippen molar-refractivity contribution in [1.82, 2.24) is 5.32 Å². The van der Waals surface area contributed by atoms with E-state index in [9.17, 15) is 4.79 Å². The Balaban J connectivity index is 1.84. The molecule has 1 amide bonds. The van der Waals surface area contributed by atoms with Crippen LogP contribution in [-0.2, 0) is 17.8 Å². The normalized spacial score (nSPS) is 10.7. The quantitative estimate of drug-likeness (QED) is 0.733. The molecule has 0 aliphatic rings. The lowest BCUT2D eigenvalue weighted by molar-refractivity contribution is -0.120. The van der Waals surface area contributed by atoms with Crippen molar-refractivity contribution in [3.05, 3.63) is 64.5 Å². The van der Waals surface area contributed by atoms with Crippen LogP contribution in [0, 0.1) is 0 Å². The molecule has 118 valence electrons. The van der Waals surface area contributed by atoms with Gasteiger partial charge in [-0.2, -0.15) is 0 Å². The number of amides is 1. The molecule has 3 rings (SSSR count). The molecule has 0 radical (unpaired) electrons. The number of nitrogens with one attached hydrogen (secondary N) is 1. The second-order valence-corrected chi connectivity index (χ2v) is 6.06. The molecule has 23 heavy (non-hydrogen) atoms. The molecule has 2 aromatic carbocycles. The van der Waals surface area contributed by atoms with Crippen LogP contribution in [0.5, 0.6) is 5.75 Å². The van der Waals surface area contributed by atoms with Crippen LogP contribution in [0.4, 0.5) is 0 Å². The first-order valence-corrected chi connectivity index (χ1v) is 8.01. The number of halogens is 1. The zero-order valence-electron chi connectivity index (χ0n) is 12.6. The Hall–Kier alpha value is -2.27. The SMILES string of the molecule is COc1ccc2cc(Br)ccc2c1CC(=O)NCc1ccco1. The molecule has 0 saturated carbocycles. The van der Waals surface area contributed by atoms with Crippen LogP contribution >= 0.6 is 15.9 Å². The van der Waals surface area contributed by atoms with Crippen molar-refractivity contribution in [2.24, 2.45) is 0 Å². The summed E-state index contributed by atoms with van der Waals surface area (Å²) in [5, 5.41) is 4.94. The zero-order chi connectivity index (χ0) is 16.2. The Morgan fingerprint density at radius 3 is 2.87 bits per heavy atom. The smallest absolute Gasteiger partial charge is 0.224 e. The van der Waals surface area contributed by atoms with Crippen molar-refractivity contribution >= 4 is 32.6 Å². The number of rotatable bonds is 5. The molecule has 0 saturated heterocycles. The van der Waals surface area contributed by atoms with Crippen molar-refractivity contribution in [3.8, 4) is 5.75 Å². The maximum absolute atomic E-state index is 12.3. The monoisotopic (exact) mass is 373 g/mol. The van der Waals surface area contributed by atoms with Gasteiger partial charge in [0.25, 0.3) is 0 Å². The molecule has 1 aromatic heterocycles. The van der Waals surface area contributed by atoms with Crippen LogP contribution in [0.2, 0.25) is 0 Å². The lowest BCUT2D eigenvalue weighted by Crippen LogP contribution is -2.24. The number of hydrogen-bond donors (Lipinski definition) is 1. The van der Waals surface area contributed by atoms with Gasteiger partial charge in [0, 0.05) is 10.0 Å². The van der Waals surface area contributed by atoms with E-state index in [-0.39, 0.29) is 12.3 Å². The number of carbonyl (C=O) groups excluding carboxylic acids is 1. The fraction of sp³-hybridized carbons (Fsp3) is 0.167. The van der Waals surface area contributed by atoms with E-state index in [2.05, 4.69) is 21.2 Å². The summed E-state index contributed by atoms with van der Waals surface area (Å²) in [5.74, 6) is 1.37. The minimum absolute atomic E-state index is 0.0740. The van der Waals surface area contributed by atoms with Gasteiger partial charge < -0.3 is 14.5 Å². The van der Waals surface area contributed by atoms with Crippen LogP contribution in [-0.4, -0.2) is 13.0 Å². The average Bonchev–Trinajstić information content (AvgIpc) is 3.06. The highest BCUT2D eigenvalue weighted by molar-refractivity contribution is 9.10. The second-order valence-electron chi connectivity index (χ2n) is 5.14. The van der Waals surface area contributed by atoms with Crippen LogP contribution in [0.15, 0.2) is 57.6 Å². The number of methoxy groups -OCH3 is 1. The molecule has 1 N–H and O–H groups in total. The Morgan fingerprint density at radius 1 is 1.26 bits per heavy atom. The Bertz CT molecular complexity index is 828. The van der Waals surface area contributed by atoms with Gasteiger partial charge in [0.05, 0.1) is 26.3 Å². The van der Waals surface area contributed by atoms with Crippen molar-refractivity contribution < 1.29 is 13.9 Å². The van der Waals surface area contributed by atoms with E-state index in [1.807, 2.05) is 36.4 Å². The summed E-state index contributed by atoms with van der Waals surface area (Å²) in [6, 6.07) is 13.5. The topological polar surface area (TPSA) is 51.5 Å². The number of benzene rings is 2. The van der Waals surface area contributed by atoms with Crippen molar-refractivity contribution in [1.29, 1.82) is 0 Å². The van der Waals surface area contributed by atoms with Crippen LogP contribution in [0.3, 0.4) is 0 Å². The van der Waals surface area contributed by atoms with E-state index < -0.39 is 0 Å². The van der Waals surface area contributed by atoms with Crippen molar-refractivity contribution in [2.75, 3.05) is 7.11 Å². The minimum atomic E-state index is -0.0740. The lowest BCUT2D eigenvalue weighted by atomic mass is 10.0. The summed E-state index contributed by atoms with van der Waals surface area (Å²) in [7, 11) is 1.62. The summed E-state index contributed by atoms with van der Waals surface area (Å²) < 4.78 is 11.6. The third kappa shape index (κ3) is 3.56. The fourth-order valence-corrected chi connectivity index (χ4v) is 2.92. The van der Waals surface area contributed by atoms with Gasteiger partial charge in [0.1, 0.15) is 11.5 Å². The second kappa shape index (κ2) is 6.87. The van der Waals surface area contributed by atoms with Gasteiger partial charge in [-0.3, -0.25) is 4.79 Å². The Labute approximate surface area is 142 Å². The minimum Gasteiger partial charge on any atom is -0.496 e. The van der Waals surface area contributed by atoms with Gasteiger partial charge in [-0.1, -0.05) is 28.1 Å². The number of hydrogen-bond acceptors (Lipinski definition) is 3. The number of ether oxygens (including phenoxy) is 1. The molecule has 0 fully saturated rings. The molecular formula is C18H16BrNO3. The molecule has 1 heterocycles. The van der Waals surface area contributed by atoms with E-state index in [0.29, 0.717) is 12.3 Å². The van der Waals surface area contributed by atoms with E-state index in [1.165, 1.54) is 0 Å². The summed E-state index contributed by atoms with van der Waals surface area (Å²) in [4.78, 5) is 12.3. The van der Waals surface area contributed by atoms with Crippen LogP contribution in [0.25, 0.3) is 10.8 Å². The highest BCUT2D eigenvalue weighted by Gasteiger charge is 2.13. The molecule has 0 unspecified atom stereocenters. The summed E-state index contributed by atoms with van der Waals surface area (Å²) in [6.07, 6.45) is 1.84. The molecule has 0 bridgehead atoms. The molecule has 0 aliphatic carbocycles. The average molecular weight is 374 g/mol. The zero-order valence-corrected chi connectivity index (χ0v) is 14.2. The third-order valence-corrected chi connectivity index (χ3v) is 4.14. The van der Waals surface area contributed by atoms with E-state index in [1.54, 1.807) is 19.4 Å². The predicted molar refractivity (Wildman–Crippen MR) is 92.5 cm³/mol. The fourth-order valence-electron chi connectivity index (χ4n) is 2.54. The largest absolute Gasteiger partial charge is 0.496 e. The molecule has 5 heteroatoms. The van der Waals surface area contributed by atoms with E-state index >= 15 is 0 Å². The lowest BCUT2D eigenvalue weighted by Gasteiger charge is -2.12. The summed E-state index contributed by atoms with van der Waals surface area (Å²) in [6.45, 7) is 0.379. The van der Waals surface area contributed by atoms with E-state index in [0.717, 1.165) is 26.6 Å². The highest BCUT2D eigenvalue weighted by atomic mass is 79.9. The summed E-state index contributed by atoms with van der Waals surface area (Å²) >= 11 is 3.47. The summed E-state index contributed by atoms with van der Waals surface area (Å²) in [5.41, 5.74) is 0.884. The number of carbonyl (C=O) groups is 1. The first-order valence-electron chi connectivity index (χ1n) is 7.21. The third-order valence-electron chi connectivity index (χ3n) is 3.65. The van der Waals surface area contributed by atoms with E-state index in [4.69, 9.17) is 9.15 Å². The van der Waals surface area contributed by atoms with Gasteiger partial charge in [0.2, 0.25) is 5.91 Å². The number of fused-ring (bicyclic) bond motifs is 1. The highest BCUT2D eigenvalue weighted by Crippen LogP contribution is 2.30. The van der Waals surface area contributed by atoms with Crippen LogP contribution < -0.4 is 10.1 Å². The molecule has 4 nitrogen and oxygen atoms in total. The molecule has 0 spiro atoms. The van der Waals surface area contributed by atoms with Crippen LogP contribution in [0.1, 0.15) is 11.3 Å². The number of furan rings is 1.